The van der Waals surface area contributed by atoms with E-state index in [0.29, 0.717) is 5.75 Å². The van der Waals surface area contributed by atoms with E-state index in [-0.39, 0.29) is 25.2 Å². The Morgan fingerprint density at radius 1 is 0.894 bits per heavy atom. The van der Waals surface area contributed by atoms with E-state index in [1.165, 1.54) is 30.7 Å². The summed E-state index contributed by atoms with van der Waals surface area (Å²) in [5.74, 6) is 0.906. The summed E-state index contributed by atoms with van der Waals surface area (Å²) in [6.07, 6.45) is 0.541. The van der Waals surface area contributed by atoms with Crippen molar-refractivity contribution in [3.05, 3.63) is 104 Å². The maximum Gasteiger partial charge on any atom is 0.407 e. The van der Waals surface area contributed by atoms with Gasteiger partial charge in [-0.2, -0.15) is 0 Å². The molecule has 240 valence electrons. The molecule has 0 saturated carbocycles. The topological polar surface area (TPSA) is 77.5 Å². The number of aromatic nitrogens is 1. The zero-order chi connectivity index (χ0) is 32.6. The summed E-state index contributed by atoms with van der Waals surface area (Å²) in [5.41, 5.74) is 3.03. The maximum absolute atomic E-state index is 12.5. The molecule has 11 heteroatoms. The molecule has 1 aliphatic rings. The van der Waals surface area contributed by atoms with E-state index in [1.54, 1.807) is 34.9 Å². The number of nitrogens with one attached hydrogen (secondary N) is 1. The fourth-order valence-electron chi connectivity index (χ4n) is 4.72. The predicted molar refractivity (Wildman–Crippen MR) is 196 cm³/mol. The number of amides is 1. The molecule has 0 spiro atoms. The molecule has 2 heterocycles. The third kappa shape index (κ3) is 8.77. The zero-order valence-electron chi connectivity index (χ0n) is 25.6. The highest BCUT2D eigenvalue weighted by Gasteiger charge is 2.28. The second kappa shape index (κ2) is 15.7. The lowest BCUT2D eigenvalue weighted by Crippen LogP contribution is -2.35. The fraction of sp³-hybridized carbons (Fsp3) is 0.194. The van der Waals surface area contributed by atoms with E-state index >= 15 is 0 Å². The summed E-state index contributed by atoms with van der Waals surface area (Å²) in [4.78, 5) is 34.9. The van der Waals surface area contributed by atoms with Gasteiger partial charge in [0.05, 0.1) is 16.8 Å². The average molecular weight is 717 g/mol. The monoisotopic (exact) mass is 716 g/mol. The van der Waals surface area contributed by atoms with Crippen molar-refractivity contribution in [1.82, 2.24) is 10.3 Å². The van der Waals surface area contributed by atoms with Crippen LogP contribution >= 0.6 is 58.4 Å². The van der Waals surface area contributed by atoms with Gasteiger partial charge in [-0.1, -0.05) is 97.3 Å². The van der Waals surface area contributed by atoms with E-state index < -0.39 is 12.1 Å². The smallest absolute Gasteiger partial charge is 0.407 e. The van der Waals surface area contributed by atoms with Gasteiger partial charge >= 0.3 is 12.1 Å². The molecule has 1 atom stereocenters. The highest BCUT2D eigenvalue weighted by Crippen LogP contribution is 2.51. The Kier molecular flexibility index (Phi) is 11.2. The first kappa shape index (κ1) is 33.5. The summed E-state index contributed by atoms with van der Waals surface area (Å²) in [6.45, 7) is 5.93. The largest absolute Gasteiger partial charge is 0.461 e. The fourth-order valence-corrected chi connectivity index (χ4v) is 10.5. The standard InChI is InChI=1S/C36H32N2O4S5/c1-3-32(39)41-19-18-37-34(40)42-21-36(2,23-44-35-38-27-13-4-5-14-28(27)47-35)22-43-25-11-8-10-24(20-25)26-12-9-17-31-33(26)46-30-16-7-6-15-29(30)45-31/h3-17,20H,1,18-19,21-23H2,2H3,(H,37,40). The average Bonchev–Trinajstić information content (AvgIpc) is 3.53. The van der Waals surface area contributed by atoms with Gasteiger partial charge in [-0.25, -0.2) is 14.6 Å². The van der Waals surface area contributed by atoms with Gasteiger partial charge in [0.2, 0.25) is 0 Å². The number of para-hydroxylation sites is 1. The Morgan fingerprint density at radius 2 is 1.64 bits per heavy atom. The molecule has 4 aromatic carbocycles. The first-order valence-corrected chi connectivity index (χ1v) is 19.3. The minimum atomic E-state index is -0.548. The number of fused-ring (bicyclic) bond motifs is 3. The summed E-state index contributed by atoms with van der Waals surface area (Å²) >= 11 is 8.78. The molecule has 1 aliphatic heterocycles. The predicted octanol–water partition coefficient (Wildman–Crippen LogP) is 9.93. The number of benzene rings is 4. The van der Waals surface area contributed by atoms with Crippen LogP contribution in [0.3, 0.4) is 0 Å². The number of nitrogens with zero attached hydrogens (tertiary/aromatic N) is 1. The summed E-state index contributed by atoms with van der Waals surface area (Å²) in [6, 6.07) is 31.9. The van der Waals surface area contributed by atoms with Crippen molar-refractivity contribution in [3.8, 4) is 11.1 Å². The summed E-state index contributed by atoms with van der Waals surface area (Å²) in [7, 11) is 0. The Balaban J connectivity index is 1.14. The Bertz CT molecular complexity index is 1880. The number of hydrogen-bond acceptors (Lipinski definition) is 10. The van der Waals surface area contributed by atoms with E-state index in [4.69, 9.17) is 14.5 Å². The van der Waals surface area contributed by atoms with Gasteiger partial charge in [0.15, 0.2) is 4.34 Å². The van der Waals surface area contributed by atoms with Crippen LogP contribution in [0.1, 0.15) is 6.92 Å². The number of alkyl carbamates (subject to hydrolysis) is 1. The van der Waals surface area contributed by atoms with Crippen LogP contribution in [0.4, 0.5) is 4.79 Å². The van der Waals surface area contributed by atoms with Crippen molar-refractivity contribution in [3.63, 3.8) is 0 Å². The molecule has 6 rings (SSSR count). The number of esters is 1. The molecule has 1 amide bonds. The van der Waals surface area contributed by atoms with Crippen LogP contribution < -0.4 is 5.32 Å². The lowest BCUT2D eigenvalue weighted by atomic mass is 9.98. The van der Waals surface area contributed by atoms with Crippen molar-refractivity contribution in [2.24, 2.45) is 5.41 Å². The van der Waals surface area contributed by atoms with Crippen molar-refractivity contribution in [2.75, 3.05) is 31.3 Å². The molecule has 0 saturated heterocycles. The van der Waals surface area contributed by atoms with Crippen LogP contribution in [0.2, 0.25) is 0 Å². The van der Waals surface area contributed by atoms with Crippen LogP contribution in [0.5, 0.6) is 0 Å². The van der Waals surface area contributed by atoms with Crippen molar-refractivity contribution < 1.29 is 19.1 Å². The number of carbonyl (C=O) groups is 2. The third-order valence-corrected chi connectivity index (χ3v) is 13.8. The van der Waals surface area contributed by atoms with Crippen molar-refractivity contribution in [1.29, 1.82) is 0 Å². The van der Waals surface area contributed by atoms with Gasteiger partial charge in [-0.15, -0.1) is 23.1 Å². The first-order valence-electron chi connectivity index (χ1n) is 14.9. The van der Waals surface area contributed by atoms with Crippen molar-refractivity contribution in [2.45, 2.75) is 35.7 Å². The molecule has 0 fully saturated rings. The van der Waals surface area contributed by atoms with Gasteiger partial charge in [0.1, 0.15) is 13.2 Å². The lowest BCUT2D eigenvalue weighted by molar-refractivity contribution is -0.137. The van der Waals surface area contributed by atoms with E-state index in [2.05, 4.69) is 91.6 Å². The van der Waals surface area contributed by atoms with Crippen LogP contribution in [-0.2, 0) is 14.3 Å². The molecule has 47 heavy (non-hydrogen) atoms. The van der Waals surface area contributed by atoms with E-state index in [1.807, 2.05) is 41.7 Å². The minimum absolute atomic E-state index is 0.0468. The molecular formula is C36H32N2O4S5. The molecule has 5 aromatic rings. The Morgan fingerprint density at radius 3 is 2.47 bits per heavy atom. The molecule has 0 radical (unpaired) electrons. The molecule has 1 aromatic heterocycles. The highest BCUT2D eigenvalue weighted by molar-refractivity contribution is 8.05. The molecule has 0 bridgehead atoms. The van der Waals surface area contributed by atoms with Gasteiger partial charge in [-0.05, 0) is 53.6 Å². The minimum Gasteiger partial charge on any atom is -0.461 e. The SMILES string of the molecule is C=CC(=O)OCCNC(=O)OCC(C)(CSc1cccc(-c2cccc3c2Sc2ccccc2S3)c1)CSc1nc2ccccc2s1. The second-order valence-corrected chi connectivity index (χ2v) is 16.5. The van der Waals surface area contributed by atoms with Gasteiger partial charge in [0, 0.05) is 47.5 Å². The van der Waals surface area contributed by atoms with Crippen LogP contribution in [0.15, 0.2) is 132 Å². The Labute approximate surface area is 295 Å². The summed E-state index contributed by atoms with van der Waals surface area (Å²) in [5, 5.41) is 2.66. The summed E-state index contributed by atoms with van der Waals surface area (Å²) < 4.78 is 12.8. The third-order valence-electron chi connectivity index (χ3n) is 7.14. The zero-order valence-corrected chi connectivity index (χ0v) is 29.7. The molecule has 6 nitrogen and oxygen atoms in total. The number of thiazole rings is 1. The number of carbonyl (C=O) groups excluding carboxylic acids is 2. The van der Waals surface area contributed by atoms with Gasteiger partial charge in [0.25, 0.3) is 0 Å². The van der Waals surface area contributed by atoms with E-state index in [0.717, 1.165) is 31.3 Å². The number of rotatable bonds is 13. The molecule has 1 unspecified atom stereocenters. The molecule has 1 N–H and O–H groups in total. The van der Waals surface area contributed by atoms with Crippen LogP contribution in [0, 0.1) is 5.41 Å². The van der Waals surface area contributed by atoms with Crippen LogP contribution in [0.25, 0.3) is 21.3 Å². The number of thioether (sulfide) groups is 2. The normalized spacial score (nSPS) is 13.2. The number of ether oxygens (including phenoxy) is 2. The van der Waals surface area contributed by atoms with E-state index in [9.17, 15) is 9.59 Å². The van der Waals surface area contributed by atoms with Crippen LogP contribution in [-0.4, -0.2) is 48.3 Å². The maximum atomic E-state index is 12.5. The second-order valence-electron chi connectivity index (χ2n) is 11.0. The Hall–Kier alpha value is -3.35. The lowest BCUT2D eigenvalue weighted by Gasteiger charge is -2.28. The van der Waals surface area contributed by atoms with Gasteiger partial charge < -0.3 is 14.8 Å². The molecule has 0 aliphatic carbocycles. The molecular weight excluding hydrogens is 685 g/mol. The highest BCUT2D eigenvalue weighted by atomic mass is 32.2. The quantitative estimate of drug-likeness (QED) is 0.0544. The van der Waals surface area contributed by atoms with Gasteiger partial charge in [-0.3, -0.25) is 0 Å². The van der Waals surface area contributed by atoms with Crippen molar-refractivity contribution >= 4 is 80.7 Å². The first-order chi connectivity index (χ1) is 22.9. The number of hydrogen-bond donors (Lipinski definition) is 1.